The van der Waals surface area contributed by atoms with E-state index in [9.17, 15) is 14.9 Å². The summed E-state index contributed by atoms with van der Waals surface area (Å²) in [6.07, 6.45) is 0. The highest BCUT2D eigenvalue weighted by Crippen LogP contribution is 2.27. The van der Waals surface area contributed by atoms with E-state index in [0.717, 1.165) is 0 Å². The zero-order valence-electron chi connectivity index (χ0n) is 9.78. The number of carbonyl (C=O) groups is 1. The molecular weight excluding hydrogens is 324 g/mol. The van der Waals surface area contributed by atoms with Crippen LogP contribution >= 0.6 is 34.7 Å². The minimum Gasteiger partial charge on any atom is -0.325 e. The number of carbonyl (C=O) groups excluding carboxylic acids is 1. The largest absolute Gasteiger partial charge is 0.325 e. The Kier molecular flexibility index (Phi) is 4.88. The van der Waals surface area contributed by atoms with Gasteiger partial charge in [0.1, 0.15) is 10.5 Å². The first-order chi connectivity index (χ1) is 9.56. The second-order valence-electron chi connectivity index (χ2n) is 3.46. The van der Waals surface area contributed by atoms with Crippen LogP contribution in [0.4, 0.5) is 11.4 Å². The van der Waals surface area contributed by atoms with Crippen molar-refractivity contribution < 1.29 is 9.72 Å². The maximum absolute atomic E-state index is 11.7. The smallest absolute Gasteiger partial charge is 0.289 e. The average molecular weight is 331 g/mol. The first kappa shape index (κ1) is 14.7. The number of nitro groups is 1. The van der Waals surface area contributed by atoms with Gasteiger partial charge in [0.2, 0.25) is 5.91 Å². The fourth-order valence-electron chi connectivity index (χ4n) is 1.28. The summed E-state index contributed by atoms with van der Waals surface area (Å²) in [6, 6.07) is 4.09. The van der Waals surface area contributed by atoms with Gasteiger partial charge in [-0.25, -0.2) is 0 Å². The summed E-state index contributed by atoms with van der Waals surface area (Å²) in [7, 11) is 0. The van der Waals surface area contributed by atoms with Gasteiger partial charge in [-0.1, -0.05) is 34.7 Å². The van der Waals surface area contributed by atoms with Crippen molar-refractivity contribution in [2.24, 2.45) is 0 Å². The Morgan fingerprint density at radius 3 is 3.00 bits per heavy atom. The first-order valence-corrected chi connectivity index (χ1v) is 7.43. The van der Waals surface area contributed by atoms with E-state index in [1.54, 1.807) is 5.51 Å². The molecule has 1 heterocycles. The molecular formula is C10H7ClN4O3S2. The summed E-state index contributed by atoms with van der Waals surface area (Å²) < 4.78 is 0.683. The Balaban J connectivity index is 1.97. The lowest BCUT2D eigenvalue weighted by atomic mass is 10.3. The fourth-order valence-corrected chi connectivity index (χ4v) is 2.76. The van der Waals surface area contributed by atoms with Crippen LogP contribution in [0.25, 0.3) is 0 Å². The number of rotatable bonds is 5. The molecule has 0 fully saturated rings. The summed E-state index contributed by atoms with van der Waals surface area (Å²) in [5.74, 6) is -0.146. The average Bonchev–Trinajstić information content (AvgIpc) is 2.91. The molecule has 0 atom stereocenters. The molecule has 0 saturated carbocycles. The van der Waals surface area contributed by atoms with Crippen LogP contribution in [0.1, 0.15) is 0 Å². The van der Waals surface area contributed by atoms with Gasteiger partial charge in [0.15, 0.2) is 4.34 Å². The molecule has 0 bridgehead atoms. The van der Waals surface area contributed by atoms with Crippen molar-refractivity contribution in [3.8, 4) is 0 Å². The number of nitrogens with zero attached hydrogens (tertiary/aromatic N) is 3. The van der Waals surface area contributed by atoms with E-state index >= 15 is 0 Å². The van der Waals surface area contributed by atoms with Gasteiger partial charge in [-0.2, -0.15) is 0 Å². The van der Waals surface area contributed by atoms with Gasteiger partial charge in [-0.15, -0.1) is 10.2 Å². The van der Waals surface area contributed by atoms with Crippen LogP contribution in [0.15, 0.2) is 28.0 Å². The second-order valence-corrected chi connectivity index (χ2v) is 5.93. The third-order valence-corrected chi connectivity index (χ3v) is 4.27. The molecule has 7 nitrogen and oxygen atoms in total. The van der Waals surface area contributed by atoms with Crippen molar-refractivity contribution in [1.29, 1.82) is 0 Å². The predicted molar refractivity (Wildman–Crippen MR) is 77.4 cm³/mol. The van der Waals surface area contributed by atoms with Crippen LogP contribution in [0.2, 0.25) is 5.02 Å². The highest BCUT2D eigenvalue weighted by Gasteiger charge is 2.14. The topological polar surface area (TPSA) is 98.0 Å². The molecule has 1 aromatic carbocycles. The summed E-state index contributed by atoms with van der Waals surface area (Å²) in [6.45, 7) is 0. The fraction of sp³-hybridized carbons (Fsp3) is 0.100. The minimum atomic E-state index is -0.603. The normalized spacial score (nSPS) is 10.2. The van der Waals surface area contributed by atoms with Crippen LogP contribution in [0, 0.1) is 10.1 Å². The summed E-state index contributed by atoms with van der Waals surface area (Å²) >= 11 is 8.26. The molecule has 0 radical (unpaired) electrons. The Morgan fingerprint density at radius 2 is 2.35 bits per heavy atom. The van der Waals surface area contributed by atoms with Gasteiger partial charge in [0.25, 0.3) is 5.69 Å². The molecule has 0 saturated heterocycles. The van der Waals surface area contributed by atoms with Gasteiger partial charge in [0, 0.05) is 11.8 Å². The molecule has 1 amide bonds. The molecule has 2 rings (SSSR count). The molecule has 10 heteroatoms. The third kappa shape index (κ3) is 3.89. The van der Waals surface area contributed by atoms with Gasteiger partial charge in [-0.05, 0) is 12.1 Å². The lowest BCUT2D eigenvalue weighted by Crippen LogP contribution is -2.14. The van der Waals surface area contributed by atoms with Crippen LogP contribution < -0.4 is 5.32 Å². The number of benzene rings is 1. The molecule has 104 valence electrons. The quantitative estimate of drug-likeness (QED) is 0.514. The Bertz CT molecular complexity index is 635. The van der Waals surface area contributed by atoms with E-state index in [1.165, 1.54) is 41.3 Å². The first-order valence-electron chi connectivity index (χ1n) is 5.19. The molecule has 0 spiro atoms. The van der Waals surface area contributed by atoms with Crippen LogP contribution in [-0.4, -0.2) is 26.8 Å². The van der Waals surface area contributed by atoms with E-state index < -0.39 is 4.92 Å². The number of nitro benzene ring substituents is 1. The van der Waals surface area contributed by atoms with Crippen LogP contribution in [-0.2, 0) is 4.79 Å². The molecule has 1 N–H and O–H groups in total. The third-order valence-electron chi connectivity index (χ3n) is 2.09. The number of nitrogens with one attached hydrogen (secondary N) is 1. The van der Waals surface area contributed by atoms with E-state index in [-0.39, 0.29) is 22.4 Å². The van der Waals surface area contributed by atoms with Crippen molar-refractivity contribution in [2.75, 3.05) is 11.1 Å². The van der Waals surface area contributed by atoms with Gasteiger partial charge >= 0.3 is 0 Å². The summed E-state index contributed by atoms with van der Waals surface area (Å²) in [5.41, 5.74) is 1.65. The van der Waals surface area contributed by atoms with Crippen molar-refractivity contribution in [3.63, 3.8) is 0 Å². The zero-order chi connectivity index (χ0) is 14.5. The monoisotopic (exact) mass is 330 g/mol. The molecule has 1 aromatic heterocycles. The molecule has 0 unspecified atom stereocenters. The van der Waals surface area contributed by atoms with Crippen molar-refractivity contribution in [3.05, 3.63) is 38.8 Å². The van der Waals surface area contributed by atoms with Gasteiger partial charge in [-0.3, -0.25) is 14.9 Å². The maximum atomic E-state index is 11.7. The molecule has 0 aliphatic heterocycles. The molecule has 20 heavy (non-hydrogen) atoms. The zero-order valence-corrected chi connectivity index (χ0v) is 12.2. The highest BCUT2D eigenvalue weighted by molar-refractivity contribution is 8.01. The van der Waals surface area contributed by atoms with Crippen molar-refractivity contribution in [1.82, 2.24) is 10.2 Å². The number of hydrogen-bond donors (Lipinski definition) is 1. The number of amides is 1. The van der Waals surface area contributed by atoms with Crippen LogP contribution in [0.3, 0.4) is 0 Å². The van der Waals surface area contributed by atoms with Gasteiger partial charge < -0.3 is 5.32 Å². The molecule has 2 aromatic rings. The molecule has 0 aliphatic carbocycles. The number of aromatic nitrogens is 2. The second kappa shape index (κ2) is 6.64. The standard InChI is InChI=1S/C10H7ClN4O3S2/c11-7-2-1-6(3-8(7)15(17)18)13-9(16)4-19-10-14-12-5-20-10/h1-3,5H,4H2,(H,13,16). The van der Waals surface area contributed by atoms with Crippen molar-refractivity contribution in [2.45, 2.75) is 4.34 Å². The SMILES string of the molecule is O=C(CSc1nncs1)Nc1ccc(Cl)c([N+](=O)[O-])c1. The van der Waals surface area contributed by atoms with E-state index in [4.69, 9.17) is 11.6 Å². The summed E-state index contributed by atoms with van der Waals surface area (Å²) in [4.78, 5) is 21.8. The van der Waals surface area contributed by atoms with E-state index in [0.29, 0.717) is 10.0 Å². The lowest BCUT2D eigenvalue weighted by molar-refractivity contribution is -0.384. The lowest BCUT2D eigenvalue weighted by Gasteiger charge is -2.04. The Labute approximate surface area is 126 Å². The predicted octanol–water partition coefficient (Wildman–Crippen LogP) is 2.83. The molecule has 0 aliphatic rings. The Hall–Kier alpha value is -1.71. The van der Waals surface area contributed by atoms with E-state index in [2.05, 4.69) is 15.5 Å². The Morgan fingerprint density at radius 1 is 1.55 bits per heavy atom. The number of halogens is 1. The van der Waals surface area contributed by atoms with Crippen LogP contribution in [0.5, 0.6) is 0 Å². The van der Waals surface area contributed by atoms with E-state index in [1.807, 2.05) is 0 Å². The number of anilines is 1. The minimum absolute atomic E-state index is 0.0243. The van der Waals surface area contributed by atoms with Gasteiger partial charge in [0.05, 0.1) is 10.7 Å². The number of thioether (sulfide) groups is 1. The van der Waals surface area contributed by atoms with Crippen molar-refractivity contribution >= 4 is 52.0 Å². The highest BCUT2D eigenvalue weighted by atomic mass is 35.5. The maximum Gasteiger partial charge on any atom is 0.289 e. The summed E-state index contributed by atoms with van der Waals surface area (Å²) in [5, 5.41) is 20.8. The number of hydrogen-bond acceptors (Lipinski definition) is 7.